The van der Waals surface area contributed by atoms with Gasteiger partial charge in [0.05, 0.1) is 12.9 Å². The van der Waals surface area contributed by atoms with Gasteiger partial charge in [0.1, 0.15) is 0 Å². The van der Waals surface area contributed by atoms with E-state index < -0.39 is 0 Å². The van der Waals surface area contributed by atoms with E-state index in [4.69, 9.17) is 4.74 Å². The van der Waals surface area contributed by atoms with Crippen molar-refractivity contribution in [1.82, 2.24) is 5.32 Å². The van der Waals surface area contributed by atoms with E-state index in [1.54, 1.807) is 0 Å². The fraction of sp³-hybridized carbons (Fsp3) is 0.818. The average molecular weight is 183 g/mol. The number of hydrogen-bond donors (Lipinski definition) is 1. The van der Waals surface area contributed by atoms with Crippen molar-refractivity contribution in [2.45, 2.75) is 32.1 Å². The Morgan fingerprint density at radius 3 is 2.85 bits per heavy atom. The number of rotatable bonds is 7. The van der Waals surface area contributed by atoms with E-state index >= 15 is 0 Å². The molecule has 1 aliphatic rings. The van der Waals surface area contributed by atoms with Crippen LogP contribution in [0.25, 0.3) is 0 Å². The van der Waals surface area contributed by atoms with Crippen LogP contribution in [0.2, 0.25) is 0 Å². The Balaban J connectivity index is 1.80. The molecular weight excluding hydrogens is 162 g/mol. The van der Waals surface area contributed by atoms with Gasteiger partial charge in [-0.1, -0.05) is 19.4 Å². The van der Waals surface area contributed by atoms with Gasteiger partial charge in [-0.3, -0.25) is 0 Å². The fourth-order valence-electron chi connectivity index (χ4n) is 1.88. The summed E-state index contributed by atoms with van der Waals surface area (Å²) in [6.07, 6.45) is 8.32. The number of ether oxygens (including phenoxy) is 1. The molecule has 0 aromatic heterocycles. The predicted octanol–water partition coefficient (Wildman–Crippen LogP) is 2.32. The predicted molar refractivity (Wildman–Crippen MR) is 55.6 cm³/mol. The first-order valence-electron chi connectivity index (χ1n) is 5.36. The summed E-state index contributed by atoms with van der Waals surface area (Å²) >= 11 is 0. The molecule has 0 heterocycles. The highest BCUT2D eigenvalue weighted by molar-refractivity contribution is 4.69. The van der Waals surface area contributed by atoms with Crippen LogP contribution in [0.4, 0.5) is 0 Å². The molecule has 0 radical (unpaired) electrons. The monoisotopic (exact) mass is 183 g/mol. The normalized spacial score (nSPS) is 17.5. The van der Waals surface area contributed by atoms with Crippen LogP contribution in [-0.2, 0) is 4.74 Å². The third-order valence-corrected chi connectivity index (χ3v) is 2.64. The summed E-state index contributed by atoms with van der Waals surface area (Å²) in [7, 11) is 0. The minimum Gasteiger partial charge on any atom is -0.502 e. The molecule has 0 aromatic carbocycles. The molecular formula is C11H21NO. The van der Waals surface area contributed by atoms with Crippen molar-refractivity contribution in [1.29, 1.82) is 0 Å². The van der Waals surface area contributed by atoms with Crippen LogP contribution in [0.15, 0.2) is 12.8 Å². The molecule has 0 unspecified atom stereocenters. The minimum atomic E-state index is 0.793. The quantitative estimate of drug-likeness (QED) is 0.483. The van der Waals surface area contributed by atoms with Gasteiger partial charge >= 0.3 is 0 Å². The largest absolute Gasteiger partial charge is 0.502 e. The van der Waals surface area contributed by atoms with Crippen LogP contribution in [0.3, 0.4) is 0 Å². The molecule has 0 saturated heterocycles. The average Bonchev–Trinajstić information content (AvgIpc) is 2.63. The number of hydrogen-bond acceptors (Lipinski definition) is 2. The van der Waals surface area contributed by atoms with E-state index in [1.165, 1.54) is 38.5 Å². The highest BCUT2D eigenvalue weighted by Crippen LogP contribution is 2.23. The molecule has 1 fully saturated rings. The van der Waals surface area contributed by atoms with Gasteiger partial charge in [0.2, 0.25) is 0 Å². The van der Waals surface area contributed by atoms with E-state index in [0.717, 1.165) is 25.5 Å². The van der Waals surface area contributed by atoms with Gasteiger partial charge in [0.15, 0.2) is 0 Å². The standard InChI is InChI=1S/C11H21NO/c1-2-13-9-5-8-12-10-11-6-3-4-7-11/h2,11-12H,1,3-10H2. The van der Waals surface area contributed by atoms with Crippen molar-refractivity contribution in [2.24, 2.45) is 5.92 Å². The van der Waals surface area contributed by atoms with Gasteiger partial charge in [-0.2, -0.15) is 0 Å². The molecule has 2 nitrogen and oxygen atoms in total. The summed E-state index contributed by atoms with van der Waals surface area (Å²) in [6.45, 7) is 6.57. The first-order valence-corrected chi connectivity index (χ1v) is 5.36. The van der Waals surface area contributed by atoms with Crippen LogP contribution in [0.1, 0.15) is 32.1 Å². The zero-order chi connectivity index (χ0) is 9.36. The van der Waals surface area contributed by atoms with Gasteiger partial charge in [-0.25, -0.2) is 0 Å². The zero-order valence-corrected chi connectivity index (χ0v) is 8.43. The Labute approximate surface area is 81.4 Å². The highest BCUT2D eigenvalue weighted by atomic mass is 16.5. The molecule has 0 spiro atoms. The molecule has 1 aliphatic carbocycles. The Morgan fingerprint density at radius 1 is 1.38 bits per heavy atom. The molecule has 1 N–H and O–H groups in total. The molecule has 2 heteroatoms. The Bertz CT molecular complexity index is 130. The highest BCUT2D eigenvalue weighted by Gasteiger charge is 2.13. The van der Waals surface area contributed by atoms with Gasteiger partial charge < -0.3 is 10.1 Å². The molecule has 76 valence electrons. The summed E-state index contributed by atoms with van der Waals surface area (Å²) in [6, 6.07) is 0. The first kappa shape index (κ1) is 10.6. The van der Waals surface area contributed by atoms with Crippen LogP contribution < -0.4 is 5.32 Å². The Morgan fingerprint density at radius 2 is 2.15 bits per heavy atom. The summed E-state index contributed by atoms with van der Waals surface area (Å²) in [5, 5.41) is 3.47. The van der Waals surface area contributed by atoms with Crippen LogP contribution in [-0.4, -0.2) is 19.7 Å². The van der Waals surface area contributed by atoms with Crippen molar-refractivity contribution in [3.05, 3.63) is 12.8 Å². The van der Waals surface area contributed by atoms with Crippen molar-refractivity contribution in [3.63, 3.8) is 0 Å². The minimum absolute atomic E-state index is 0.793. The van der Waals surface area contributed by atoms with Crippen molar-refractivity contribution in [3.8, 4) is 0 Å². The van der Waals surface area contributed by atoms with E-state index in [2.05, 4.69) is 11.9 Å². The van der Waals surface area contributed by atoms with Crippen LogP contribution in [0, 0.1) is 5.92 Å². The molecule has 0 aromatic rings. The first-order chi connectivity index (χ1) is 6.43. The third kappa shape index (κ3) is 4.94. The maximum atomic E-state index is 5.03. The number of nitrogens with one attached hydrogen (secondary N) is 1. The zero-order valence-electron chi connectivity index (χ0n) is 8.43. The van der Waals surface area contributed by atoms with Gasteiger partial charge in [0.25, 0.3) is 0 Å². The summed E-state index contributed by atoms with van der Waals surface area (Å²) in [4.78, 5) is 0. The lowest BCUT2D eigenvalue weighted by atomic mass is 10.1. The smallest absolute Gasteiger partial charge is 0.0885 e. The van der Waals surface area contributed by atoms with E-state index in [-0.39, 0.29) is 0 Å². The molecule has 0 amide bonds. The molecule has 1 saturated carbocycles. The maximum Gasteiger partial charge on any atom is 0.0885 e. The SMILES string of the molecule is C=COCCCNCC1CCCC1. The molecule has 13 heavy (non-hydrogen) atoms. The van der Waals surface area contributed by atoms with Gasteiger partial charge in [-0.15, -0.1) is 0 Å². The van der Waals surface area contributed by atoms with E-state index in [0.29, 0.717) is 0 Å². The second kappa shape index (κ2) is 6.96. The maximum absolute atomic E-state index is 5.03. The lowest BCUT2D eigenvalue weighted by molar-refractivity contribution is 0.244. The summed E-state index contributed by atoms with van der Waals surface area (Å²) in [5.41, 5.74) is 0. The van der Waals surface area contributed by atoms with Crippen LogP contribution >= 0.6 is 0 Å². The molecule has 0 aliphatic heterocycles. The molecule has 0 atom stereocenters. The summed E-state index contributed by atoms with van der Waals surface area (Å²) < 4.78 is 5.03. The second-order valence-corrected chi connectivity index (χ2v) is 3.75. The topological polar surface area (TPSA) is 21.3 Å². The van der Waals surface area contributed by atoms with E-state index in [1.807, 2.05) is 0 Å². The fourth-order valence-corrected chi connectivity index (χ4v) is 1.88. The molecule has 0 bridgehead atoms. The van der Waals surface area contributed by atoms with Crippen molar-refractivity contribution < 1.29 is 4.74 Å². The molecule has 1 rings (SSSR count). The van der Waals surface area contributed by atoms with E-state index in [9.17, 15) is 0 Å². The second-order valence-electron chi connectivity index (χ2n) is 3.75. The van der Waals surface area contributed by atoms with Crippen molar-refractivity contribution >= 4 is 0 Å². The Hall–Kier alpha value is -0.500. The lowest BCUT2D eigenvalue weighted by Gasteiger charge is -2.09. The third-order valence-electron chi connectivity index (χ3n) is 2.64. The summed E-state index contributed by atoms with van der Waals surface area (Å²) in [5.74, 6) is 0.945. The Kier molecular flexibility index (Phi) is 5.66. The van der Waals surface area contributed by atoms with Crippen LogP contribution in [0.5, 0.6) is 0 Å². The van der Waals surface area contributed by atoms with Gasteiger partial charge in [0, 0.05) is 0 Å². The lowest BCUT2D eigenvalue weighted by Crippen LogP contribution is -2.22. The van der Waals surface area contributed by atoms with Gasteiger partial charge in [-0.05, 0) is 38.3 Å². The van der Waals surface area contributed by atoms with Crippen molar-refractivity contribution in [2.75, 3.05) is 19.7 Å².